The standard InChI is InChI=1S/C26H33N3O5S2/c1-28(2)36(32,33)24-14-12-23(13-15-24)35(30,31)27-25-10-6-7-11-26(25)29-18-16-22(17-19-29)34-20-21-8-4-3-5-9-21/h3-5,7-9,11-15,22,27H,6,10,16-20H2,1-2H3. The lowest BCUT2D eigenvalue weighted by Gasteiger charge is -2.36. The highest BCUT2D eigenvalue weighted by molar-refractivity contribution is 7.90. The van der Waals surface area contributed by atoms with Gasteiger partial charge in [-0.15, -0.1) is 0 Å². The molecule has 2 aromatic rings. The van der Waals surface area contributed by atoms with Crippen LogP contribution in [-0.2, 0) is 31.4 Å². The lowest BCUT2D eigenvalue weighted by Crippen LogP contribution is -2.38. The van der Waals surface area contributed by atoms with Gasteiger partial charge >= 0.3 is 0 Å². The van der Waals surface area contributed by atoms with Gasteiger partial charge in [0.1, 0.15) is 0 Å². The molecule has 4 rings (SSSR count). The van der Waals surface area contributed by atoms with Crippen LogP contribution in [-0.4, -0.2) is 59.3 Å². The molecule has 0 radical (unpaired) electrons. The fraction of sp³-hybridized carbons (Fsp3) is 0.385. The first-order chi connectivity index (χ1) is 17.2. The molecule has 1 aliphatic carbocycles. The van der Waals surface area contributed by atoms with Crippen LogP contribution >= 0.6 is 0 Å². The van der Waals surface area contributed by atoms with E-state index < -0.39 is 20.0 Å². The molecule has 0 aromatic heterocycles. The van der Waals surface area contributed by atoms with Crippen molar-refractivity contribution in [3.63, 3.8) is 0 Å². The molecule has 0 spiro atoms. The zero-order chi connectivity index (χ0) is 25.8. The second-order valence-electron chi connectivity index (χ2n) is 9.15. The Hall–Kier alpha value is -2.66. The molecular formula is C26H33N3O5S2. The molecule has 1 heterocycles. The Balaban J connectivity index is 1.42. The zero-order valence-corrected chi connectivity index (χ0v) is 22.3. The number of sulfonamides is 2. The van der Waals surface area contributed by atoms with Crippen LogP contribution in [0.5, 0.6) is 0 Å². The van der Waals surface area contributed by atoms with Crippen LogP contribution in [0.2, 0.25) is 0 Å². The van der Waals surface area contributed by atoms with Crippen molar-refractivity contribution < 1.29 is 21.6 Å². The van der Waals surface area contributed by atoms with E-state index in [4.69, 9.17) is 4.74 Å². The number of nitrogens with one attached hydrogen (secondary N) is 1. The van der Waals surface area contributed by atoms with Crippen molar-refractivity contribution in [1.82, 2.24) is 13.9 Å². The van der Waals surface area contributed by atoms with Crippen molar-refractivity contribution >= 4 is 20.0 Å². The maximum Gasteiger partial charge on any atom is 0.261 e. The Morgan fingerprint density at radius 1 is 0.944 bits per heavy atom. The molecular weight excluding hydrogens is 498 g/mol. The number of nitrogens with zero attached hydrogens (tertiary/aromatic N) is 2. The number of hydrogen-bond donors (Lipinski definition) is 1. The SMILES string of the molecule is CN(C)S(=O)(=O)c1ccc(S(=O)(=O)NC2=C(N3CCC(OCc4ccccc4)CC3)C=CCC2)cc1. The minimum atomic E-state index is -3.87. The third-order valence-electron chi connectivity index (χ3n) is 6.43. The molecule has 2 aliphatic rings. The van der Waals surface area contributed by atoms with Crippen LogP contribution in [0.25, 0.3) is 0 Å². The summed E-state index contributed by atoms with van der Waals surface area (Å²) in [5.74, 6) is 0. The Morgan fingerprint density at radius 3 is 2.22 bits per heavy atom. The van der Waals surface area contributed by atoms with Crippen LogP contribution in [0.15, 0.2) is 87.9 Å². The van der Waals surface area contributed by atoms with Crippen molar-refractivity contribution in [1.29, 1.82) is 0 Å². The van der Waals surface area contributed by atoms with Gasteiger partial charge in [-0.25, -0.2) is 21.1 Å². The normalized spacial score (nSPS) is 17.6. The van der Waals surface area contributed by atoms with Crippen LogP contribution in [0.4, 0.5) is 0 Å². The minimum absolute atomic E-state index is 0.0228. The van der Waals surface area contributed by atoms with Crippen LogP contribution in [0, 0.1) is 0 Å². The number of allylic oxidation sites excluding steroid dienone is 3. The Morgan fingerprint density at radius 2 is 1.58 bits per heavy atom. The van der Waals surface area contributed by atoms with Gasteiger partial charge in [0.2, 0.25) is 10.0 Å². The summed E-state index contributed by atoms with van der Waals surface area (Å²) in [7, 11) is -4.63. The summed E-state index contributed by atoms with van der Waals surface area (Å²) in [5.41, 5.74) is 2.70. The van der Waals surface area contributed by atoms with Gasteiger partial charge in [0, 0.05) is 32.9 Å². The van der Waals surface area contributed by atoms with Crippen molar-refractivity contribution in [2.24, 2.45) is 0 Å². The molecule has 36 heavy (non-hydrogen) atoms. The fourth-order valence-electron chi connectivity index (χ4n) is 4.33. The van der Waals surface area contributed by atoms with Crippen LogP contribution < -0.4 is 4.72 Å². The molecule has 0 saturated carbocycles. The van der Waals surface area contributed by atoms with Gasteiger partial charge in [0.25, 0.3) is 10.0 Å². The van der Waals surface area contributed by atoms with Gasteiger partial charge in [-0.1, -0.05) is 36.4 Å². The van der Waals surface area contributed by atoms with Gasteiger partial charge in [0.05, 0.1) is 28.2 Å². The van der Waals surface area contributed by atoms with Gasteiger partial charge < -0.3 is 9.64 Å². The Kier molecular flexibility index (Phi) is 8.19. The summed E-state index contributed by atoms with van der Waals surface area (Å²) in [5, 5.41) is 0. The summed E-state index contributed by atoms with van der Waals surface area (Å²) in [6.45, 7) is 2.15. The zero-order valence-electron chi connectivity index (χ0n) is 20.6. The van der Waals surface area contributed by atoms with Crippen LogP contribution in [0.1, 0.15) is 31.2 Å². The number of rotatable bonds is 9. The average Bonchev–Trinajstić information content (AvgIpc) is 2.88. The van der Waals surface area contributed by atoms with Crippen LogP contribution in [0.3, 0.4) is 0 Å². The molecule has 1 saturated heterocycles. The first kappa shape index (κ1) is 26.4. The fourth-order valence-corrected chi connectivity index (χ4v) is 6.37. The van der Waals surface area contributed by atoms with Gasteiger partial charge in [-0.3, -0.25) is 4.72 Å². The third-order valence-corrected chi connectivity index (χ3v) is 9.66. The van der Waals surface area contributed by atoms with E-state index in [1.54, 1.807) is 0 Å². The summed E-state index contributed by atoms with van der Waals surface area (Å²) >= 11 is 0. The summed E-state index contributed by atoms with van der Waals surface area (Å²) in [6, 6.07) is 15.4. The maximum absolute atomic E-state index is 13.1. The Labute approximate surface area is 214 Å². The van der Waals surface area contributed by atoms with E-state index in [1.807, 2.05) is 24.3 Å². The molecule has 1 aliphatic heterocycles. The maximum atomic E-state index is 13.1. The lowest BCUT2D eigenvalue weighted by molar-refractivity contribution is 0.00375. The number of likely N-dealkylation sites (tertiary alicyclic amines) is 1. The van der Waals surface area contributed by atoms with Crippen molar-refractivity contribution in [3.05, 3.63) is 83.7 Å². The van der Waals surface area contributed by atoms with Crippen molar-refractivity contribution in [2.75, 3.05) is 27.2 Å². The number of piperidine rings is 1. The van der Waals surface area contributed by atoms with E-state index in [2.05, 4.69) is 27.8 Å². The molecule has 10 heteroatoms. The minimum Gasteiger partial charge on any atom is -0.373 e. The monoisotopic (exact) mass is 531 g/mol. The van der Waals surface area contributed by atoms with Crippen molar-refractivity contribution in [3.8, 4) is 0 Å². The molecule has 8 nitrogen and oxygen atoms in total. The molecule has 194 valence electrons. The quantitative estimate of drug-likeness (QED) is 0.533. The first-order valence-electron chi connectivity index (χ1n) is 12.0. The molecule has 0 atom stereocenters. The smallest absolute Gasteiger partial charge is 0.261 e. The molecule has 0 unspecified atom stereocenters. The number of benzene rings is 2. The third kappa shape index (κ3) is 6.18. The van der Waals surface area contributed by atoms with E-state index in [-0.39, 0.29) is 15.9 Å². The summed E-state index contributed by atoms with van der Waals surface area (Å²) in [4.78, 5) is 2.28. The van der Waals surface area contributed by atoms with E-state index >= 15 is 0 Å². The molecule has 1 fully saturated rings. The second kappa shape index (κ2) is 11.2. The van der Waals surface area contributed by atoms with Gasteiger partial charge in [-0.05, 0) is 61.6 Å². The van der Waals surface area contributed by atoms with E-state index in [0.717, 1.165) is 47.9 Å². The summed E-state index contributed by atoms with van der Waals surface area (Å²) in [6.07, 6.45) is 7.29. The lowest BCUT2D eigenvalue weighted by atomic mass is 10.0. The largest absolute Gasteiger partial charge is 0.373 e. The number of ether oxygens (including phenoxy) is 1. The average molecular weight is 532 g/mol. The topological polar surface area (TPSA) is 96.0 Å². The molecule has 2 aromatic carbocycles. The highest BCUT2D eigenvalue weighted by atomic mass is 32.2. The highest BCUT2D eigenvalue weighted by Gasteiger charge is 2.26. The first-order valence-corrected chi connectivity index (χ1v) is 14.9. The van der Waals surface area contributed by atoms with E-state index in [0.29, 0.717) is 18.7 Å². The molecule has 0 bridgehead atoms. The second-order valence-corrected chi connectivity index (χ2v) is 13.0. The van der Waals surface area contributed by atoms with Crippen molar-refractivity contribution in [2.45, 2.75) is 48.2 Å². The predicted molar refractivity (Wildman–Crippen MR) is 139 cm³/mol. The van der Waals surface area contributed by atoms with Gasteiger partial charge in [0.15, 0.2) is 0 Å². The summed E-state index contributed by atoms with van der Waals surface area (Å²) < 4.78 is 60.8. The van der Waals surface area contributed by atoms with E-state index in [9.17, 15) is 16.8 Å². The van der Waals surface area contributed by atoms with E-state index in [1.165, 1.54) is 38.4 Å². The van der Waals surface area contributed by atoms with Gasteiger partial charge in [-0.2, -0.15) is 0 Å². The molecule has 0 amide bonds. The Bertz CT molecular complexity index is 1310. The highest BCUT2D eigenvalue weighted by Crippen LogP contribution is 2.27. The predicted octanol–water partition coefficient (Wildman–Crippen LogP) is 3.46. The molecule has 1 N–H and O–H groups in total. The number of hydrogen-bond acceptors (Lipinski definition) is 6.